The molecule has 0 radical (unpaired) electrons. The summed E-state index contributed by atoms with van der Waals surface area (Å²) >= 11 is 0. The normalized spacial score (nSPS) is 18.4. The molecule has 1 aromatic rings. The van der Waals surface area contributed by atoms with Crippen LogP contribution in [0.1, 0.15) is 19.3 Å². The number of pyridine rings is 1. The van der Waals surface area contributed by atoms with E-state index in [2.05, 4.69) is 29.8 Å². The average molecular weight is 522 g/mol. The quantitative estimate of drug-likeness (QED) is 0.317. The fraction of sp³-hybridized carbons (Fsp3) is 0.667. The molecule has 0 spiro atoms. The van der Waals surface area contributed by atoms with Gasteiger partial charge in [0.05, 0.1) is 5.75 Å². The van der Waals surface area contributed by atoms with E-state index in [1.54, 1.807) is 7.05 Å². The van der Waals surface area contributed by atoms with E-state index >= 15 is 0 Å². The second-order valence-corrected chi connectivity index (χ2v) is 9.03. The number of nitrogens with zero attached hydrogens (tertiary/aromatic N) is 4. The number of hydrogen-bond donors (Lipinski definition) is 2. The second-order valence-electron chi connectivity index (χ2n) is 7.10. The van der Waals surface area contributed by atoms with Gasteiger partial charge in [-0.05, 0) is 30.9 Å². The van der Waals surface area contributed by atoms with Gasteiger partial charge in [0.2, 0.25) is 10.0 Å². The van der Waals surface area contributed by atoms with E-state index in [1.165, 1.54) is 6.42 Å². The maximum atomic E-state index is 12.1. The summed E-state index contributed by atoms with van der Waals surface area (Å²) in [5.74, 6) is 2.33. The second kappa shape index (κ2) is 11.1. The fourth-order valence-corrected chi connectivity index (χ4v) is 4.34. The molecule has 3 rings (SSSR count). The number of piperazine rings is 1. The largest absolute Gasteiger partial charge is 0.355 e. The SMILES string of the molecule is CN=C(NCCS(=O)(=O)NCC1CCC1)N1CCN(c2ccccn2)CC1.I. The molecule has 158 valence electrons. The van der Waals surface area contributed by atoms with E-state index in [0.717, 1.165) is 50.8 Å². The van der Waals surface area contributed by atoms with Crippen molar-refractivity contribution >= 4 is 45.8 Å². The number of nitrogens with one attached hydrogen (secondary N) is 2. The molecule has 28 heavy (non-hydrogen) atoms. The summed E-state index contributed by atoms with van der Waals surface area (Å²) in [5, 5.41) is 3.19. The minimum Gasteiger partial charge on any atom is -0.355 e. The Morgan fingerprint density at radius 1 is 1.25 bits per heavy atom. The summed E-state index contributed by atoms with van der Waals surface area (Å²) in [5.41, 5.74) is 0. The van der Waals surface area contributed by atoms with Gasteiger partial charge in [-0.15, -0.1) is 24.0 Å². The summed E-state index contributed by atoms with van der Waals surface area (Å²) < 4.78 is 26.9. The highest BCUT2D eigenvalue weighted by Crippen LogP contribution is 2.25. The fourth-order valence-electron chi connectivity index (χ4n) is 3.33. The average Bonchev–Trinajstić information content (AvgIpc) is 2.65. The third kappa shape index (κ3) is 6.73. The van der Waals surface area contributed by atoms with Crippen molar-refractivity contribution in [3.05, 3.63) is 24.4 Å². The predicted octanol–water partition coefficient (Wildman–Crippen LogP) is 1.12. The van der Waals surface area contributed by atoms with Gasteiger partial charge < -0.3 is 15.1 Å². The van der Waals surface area contributed by atoms with Crippen LogP contribution in [0.3, 0.4) is 0 Å². The maximum Gasteiger partial charge on any atom is 0.213 e. The molecule has 1 aliphatic carbocycles. The monoisotopic (exact) mass is 522 g/mol. The first-order valence-electron chi connectivity index (χ1n) is 9.66. The van der Waals surface area contributed by atoms with Gasteiger partial charge >= 0.3 is 0 Å². The van der Waals surface area contributed by atoms with Gasteiger partial charge in [0.15, 0.2) is 5.96 Å². The van der Waals surface area contributed by atoms with Crippen LogP contribution in [0, 0.1) is 5.92 Å². The van der Waals surface area contributed by atoms with Crippen molar-refractivity contribution < 1.29 is 8.42 Å². The molecule has 1 aromatic heterocycles. The zero-order valence-corrected chi connectivity index (χ0v) is 19.5. The zero-order chi connectivity index (χ0) is 19.1. The number of halogens is 1. The first-order chi connectivity index (χ1) is 13.1. The molecule has 1 saturated heterocycles. The first-order valence-corrected chi connectivity index (χ1v) is 11.3. The Labute approximate surface area is 185 Å². The van der Waals surface area contributed by atoms with Crippen LogP contribution in [0.15, 0.2) is 29.4 Å². The molecular weight excluding hydrogens is 491 g/mol. The molecule has 10 heteroatoms. The van der Waals surface area contributed by atoms with Gasteiger partial charge in [0.25, 0.3) is 0 Å². The number of rotatable bonds is 7. The lowest BCUT2D eigenvalue weighted by Crippen LogP contribution is -2.53. The van der Waals surface area contributed by atoms with Crippen LogP contribution in [-0.2, 0) is 10.0 Å². The molecule has 1 saturated carbocycles. The van der Waals surface area contributed by atoms with Gasteiger partial charge in [-0.1, -0.05) is 12.5 Å². The van der Waals surface area contributed by atoms with Crippen LogP contribution in [0.2, 0.25) is 0 Å². The van der Waals surface area contributed by atoms with Crippen molar-refractivity contribution in [3.8, 4) is 0 Å². The highest BCUT2D eigenvalue weighted by molar-refractivity contribution is 14.0. The van der Waals surface area contributed by atoms with E-state index in [-0.39, 0.29) is 29.7 Å². The molecule has 0 bridgehead atoms. The Kier molecular flexibility index (Phi) is 9.22. The van der Waals surface area contributed by atoms with Crippen LogP contribution in [-0.4, -0.2) is 76.3 Å². The maximum absolute atomic E-state index is 12.1. The zero-order valence-electron chi connectivity index (χ0n) is 16.4. The Hall–Kier alpha value is -1.14. The Bertz CT molecular complexity index is 719. The Morgan fingerprint density at radius 2 is 2.00 bits per heavy atom. The topological polar surface area (TPSA) is 89.9 Å². The summed E-state index contributed by atoms with van der Waals surface area (Å²) in [7, 11) is -1.50. The third-order valence-electron chi connectivity index (χ3n) is 5.23. The molecule has 0 unspecified atom stereocenters. The molecule has 2 N–H and O–H groups in total. The first kappa shape index (κ1) is 23.1. The van der Waals surface area contributed by atoms with Gasteiger partial charge in [0, 0.05) is 52.5 Å². The van der Waals surface area contributed by atoms with Crippen LogP contribution in [0.4, 0.5) is 5.82 Å². The van der Waals surface area contributed by atoms with E-state index in [1.807, 2.05) is 24.4 Å². The number of aromatic nitrogens is 1. The molecule has 0 amide bonds. The predicted molar refractivity (Wildman–Crippen MR) is 124 cm³/mol. The van der Waals surface area contributed by atoms with Crippen molar-refractivity contribution in [1.29, 1.82) is 0 Å². The van der Waals surface area contributed by atoms with Gasteiger partial charge in [0.1, 0.15) is 5.82 Å². The summed E-state index contributed by atoms with van der Waals surface area (Å²) in [6.45, 7) is 4.30. The van der Waals surface area contributed by atoms with Crippen LogP contribution >= 0.6 is 24.0 Å². The molecule has 2 fully saturated rings. The number of aliphatic imine (C=N–C) groups is 1. The Morgan fingerprint density at radius 3 is 2.57 bits per heavy atom. The lowest BCUT2D eigenvalue weighted by Gasteiger charge is -2.37. The highest BCUT2D eigenvalue weighted by atomic mass is 127. The molecule has 0 atom stereocenters. The van der Waals surface area contributed by atoms with Crippen LogP contribution in [0.25, 0.3) is 0 Å². The molecule has 0 aromatic carbocycles. The lowest BCUT2D eigenvalue weighted by molar-refractivity contribution is 0.316. The van der Waals surface area contributed by atoms with E-state index in [0.29, 0.717) is 19.0 Å². The number of anilines is 1. The van der Waals surface area contributed by atoms with Crippen molar-refractivity contribution in [2.45, 2.75) is 19.3 Å². The summed E-state index contributed by atoms with van der Waals surface area (Å²) in [6.07, 6.45) is 5.30. The minimum atomic E-state index is -3.23. The number of sulfonamides is 1. The smallest absolute Gasteiger partial charge is 0.213 e. The summed E-state index contributed by atoms with van der Waals surface area (Å²) in [6, 6.07) is 5.93. The number of guanidine groups is 1. The molecule has 1 aliphatic heterocycles. The van der Waals surface area contributed by atoms with Crippen molar-refractivity contribution in [1.82, 2.24) is 19.9 Å². The standard InChI is InChI=1S/C18H30N6O2S.HI/c1-19-18(21-9-14-27(25,26)22-15-16-5-4-6-16)24-12-10-23(11-13-24)17-7-2-3-8-20-17;/h2-3,7-8,16,22H,4-6,9-15H2,1H3,(H,19,21);1H. The molecular formula is C18H31IN6O2S. The minimum absolute atomic E-state index is 0. The van der Waals surface area contributed by atoms with E-state index in [9.17, 15) is 8.42 Å². The van der Waals surface area contributed by atoms with Gasteiger partial charge in [-0.3, -0.25) is 4.99 Å². The van der Waals surface area contributed by atoms with Crippen molar-refractivity contribution in [2.24, 2.45) is 10.9 Å². The molecule has 2 heterocycles. The Balaban J connectivity index is 0.00000280. The van der Waals surface area contributed by atoms with Gasteiger partial charge in [-0.25, -0.2) is 18.1 Å². The highest BCUT2D eigenvalue weighted by Gasteiger charge is 2.22. The third-order valence-corrected chi connectivity index (χ3v) is 6.58. The number of hydrogen-bond acceptors (Lipinski definition) is 5. The van der Waals surface area contributed by atoms with Crippen LogP contribution in [0.5, 0.6) is 0 Å². The van der Waals surface area contributed by atoms with E-state index in [4.69, 9.17) is 0 Å². The molecule has 8 nitrogen and oxygen atoms in total. The van der Waals surface area contributed by atoms with Crippen molar-refractivity contribution in [3.63, 3.8) is 0 Å². The van der Waals surface area contributed by atoms with Crippen LogP contribution < -0.4 is 14.9 Å². The molecule has 2 aliphatic rings. The lowest BCUT2D eigenvalue weighted by atomic mass is 9.86. The summed E-state index contributed by atoms with van der Waals surface area (Å²) in [4.78, 5) is 13.1. The van der Waals surface area contributed by atoms with Gasteiger partial charge in [-0.2, -0.15) is 0 Å². The van der Waals surface area contributed by atoms with Crippen molar-refractivity contribution in [2.75, 3.05) is 57.0 Å². The van der Waals surface area contributed by atoms with E-state index < -0.39 is 10.0 Å².